The fourth-order valence-corrected chi connectivity index (χ4v) is 0.557. The molecular weight excluding hydrogens is 124 g/mol. The van der Waals surface area contributed by atoms with Gasteiger partial charge in [0, 0.05) is 6.42 Å². The fraction of sp³-hybridized carbons (Fsp3) is 0.778. The summed E-state index contributed by atoms with van der Waals surface area (Å²) >= 11 is 0. The van der Waals surface area contributed by atoms with E-state index in [9.17, 15) is 0 Å². The van der Waals surface area contributed by atoms with Gasteiger partial charge in [-0.15, -0.1) is 5.92 Å². The molecule has 1 N–H and O–H groups in total. The Morgan fingerprint density at radius 1 is 1.40 bits per heavy atom. The third-order valence-electron chi connectivity index (χ3n) is 1.31. The van der Waals surface area contributed by atoms with Crippen LogP contribution < -0.4 is 0 Å². The van der Waals surface area contributed by atoms with Crippen LogP contribution in [0.5, 0.6) is 0 Å². The monoisotopic (exact) mass is 140 g/mol. The average molecular weight is 140 g/mol. The van der Waals surface area contributed by atoms with E-state index >= 15 is 0 Å². The van der Waals surface area contributed by atoms with E-state index in [1.54, 1.807) is 0 Å². The topological polar surface area (TPSA) is 20.2 Å². The van der Waals surface area contributed by atoms with E-state index in [-0.39, 0.29) is 0 Å². The second-order valence-electron chi connectivity index (χ2n) is 2.35. The molecule has 0 aliphatic rings. The highest BCUT2D eigenvalue weighted by molar-refractivity contribution is 5.03. The minimum Gasteiger partial charge on any atom is -0.380 e. The number of aliphatic hydroxyl groups is 1. The lowest BCUT2D eigenvalue weighted by atomic mass is 10.2. The molecule has 0 rings (SSSR count). The van der Waals surface area contributed by atoms with Crippen LogP contribution in [0, 0.1) is 11.8 Å². The molecule has 1 nitrogen and oxygen atoms in total. The standard InChI is InChI=1S/C9H16O/c1-3-5-6-7-8-9(10)4-2/h9-10H,3-6H2,1-2H3. The fourth-order valence-electron chi connectivity index (χ4n) is 0.557. The summed E-state index contributed by atoms with van der Waals surface area (Å²) in [5.74, 6) is 5.71. The summed E-state index contributed by atoms with van der Waals surface area (Å²) in [7, 11) is 0. The van der Waals surface area contributed by atoms with Gasteiger partial charge >= 0.3 is 0 Å². The molecule has 0 fully saturated rings. The van der Waals surface area contributed by atoms with Crippen molar-refractivity contribution < 1.29 is 5.11 Å². The Morgan fingerprint density at radius 3 is 2.60 bits per heavy atom. The van der Waals surface area contributed by atoms with Gasteiger partial charge in [-0.1, -0.05) is 26.2 Å². The molecule has 0 heterocycles. The summed E-state index contributed by atoms with van der Waals surface area (Å²) in [5, 5.41) is 8.98. The van der Waals surface area contributed by atoms with Gasteiger partial charge in [0.05, 0.1) is 0 Å². The third kappa shape index (κ3) is 5.65. The van der Waals surface area contributed by atoms with Crippen LogP contribution in [0.2, 0.25) is 0 Å². The quantitative estimate of drug-likeness (QED) is 0.469. The van der Waals surface area contributed by atoms with E-state index in [0.717, 1.165) is 19.3 Å². The molecule has 1 unspecified atom stereocenters. The lowest BCUT2D eigenvalue weighted by Gasteiger charge is -1.93. The van der Waals surface area contributed by atoms with Crippen LogP contribution in [0.3, 0.4) is 0 Å². The second kappa shape index (κ2) is 6.64. The van der Waals surface area contributed by atoms with Crippen molar-refractivity contribution in [3.63, 3.8) is 0 Å². The molecule has 0 aromatic rings. The number of unbranched alkanes of at least 4 members (excludes halogenated alkanes) is 2. The van der Waals surface area contributed by atoms with Crippen LogP contribution in [-0.4, -0.2) is 11.2 Å². The SMILES string of the molecule is CCCCC#CC(O)CC. The Kier molecular flexibility index (Phi) is 6.32. The van der Waals surface area contributed by atoms with Crippen LogP contribution in [0.4, 0.5) is 0 Å². The highest BCUT2D eigenvalue weighted by Gasteiger charge is 1.89. The van der Waals surface area contributed by atoms with Crippen LogP contribution in [0.15, 0.2) is 0 Å². The predicted molar refractivity (Wildman–Crippen MR) is 43.6 cm³/mol. The van der Waals surface area contributed by atoms with Crippen LogP contribution in [0.25, 0.3) is 0 Å². The first kappa shape index (κ1) is 9.52. The largest absolute Gasteiger partial charge is 0.380 e. The Balaban J connectivity index is 3.29. The first-order valence-corrected chi connectivity index (χ1v) is 3.97. The van der Waals surface area contributed by atoms with Gasteiger partial charge in [0.25, 0.3) is 0 Å². The molecule has 0 saturated heterocycles. The lowest BCUT2D eigenvalue weighted by Crippen LogP contribution is -1.98. The van der Waals surface area contributed by atoms with Crippen LogP contribution in [0.1, 0.15) is 39.5 Å². The van der Waals surface area contributed by atoms with Crippen LogP contribution >= 0.6 is 0 Å². The van der Waals surface area contributed by atoms with Crippen molar-refractivity contribution in [1.82, 2.24) is 0 Å². The maximum atomic E-state index is 8.98. The Bertz CT molecular complexity index is 118. The summed E-state index contributed by atoms with van der Waals surface area (Å²) in [6.45, 7) is 4.07. The summed E-state index contributed by atoms with van der Waals surface area (Å²) in [6, 6.07) is 0. The Hall–Kier alpha value is -0.480. The predicted octanol–water partition coefficient (Wildman–Crippen LogP) is 1.95. The first-order valence-electron chi connectivity index (χ1n) is 3.97. The maximum Gasteiger partial charge on any atom is 0.114 e. The minimum atomic E-state index is -0.406. The van der Waals surface area contributed by atoms with Crippen molar-refractivity contribution in [2.45, 2.75) is 45.6 Å². The maximum absolute atomic E-state index is 8.98. The number of hydrogen-bond donors (Lipinski definition) is 1. The van der Waals surface area contributed by atoms with Crippen molar-refractivity contribution in [2.75, 3.05) is 0 Å². The van der Waals surface area contributed by atoms with E-state index in [0.29, 0.717) is 0 Å². The molecule has 0 radical (unpaired) electrons. The van der Waals surface area contributed by atoms with Crippen molar-refractivity contribution in [2.24, 2.45) is 0 Å². The normalized spacial score (nSPS) is 11.9. The molecule has 0 spiro atoms. The second-order valence-corrected chi connectivity index (χ2v) is 2.35. The van der Waals surface area contributed by atoms with Gasteiger partial charge in [-0.05, 0) is 12.8 Å². The van der Waals surface area contributed by atoms with Gasteiger partial charge in [0.15, 0.2) is 0 Å². The molecule has 0 saturated carbocycles. The molecule has 1 atom stereocenters. The Labute approximate surface area is 63.5 Å². The lowest BCUT2D eigenvalue weighted by molar-refractivity contribution is 0.228. The third-order valence-corrected chi connectivity index (χ3v) is 1.31. The molecule has 0 aliphatic carbocycles. The average Bonchev–Trinajstić information content (AvgIpc) is 1.98. The highest BCUT2D eigenvalue weighted by Crippen LogP contribution is 1.92. The molecule has 0 aromatic heterocycles. The van der Waals surface area contributed by atoms with Gasteiger partial charge in [0.1, 0.15) is 6.10 Å². The molecule has 1 heteroatoms. The molecule has 58 valence electrons. The molecule has 0 aliphatic heterocycles. The highest BCUT2D eigenvalue weighted by atomic mass is 16.3. The number of aliphatic hydroxyl groups excluding tert-OH is 1. The van der Waals surface area contributed by atoms with Crippen molar-refractivity contribution >= 4 is 0 Å². The van der Waals surface area contributed by atoms with E-state index in [2.05, 4.69) is 18.8 Å². The molecule has 0 bridgehead atoms. The van der Waals surface area contributed by atoms with Gasteiger partial charge in [0.2, 0.25) is 0 Å². The van der Waals surface area contributed by atoms with Gasteiger partial charge < -0.3 is 5.11 Å². The molecule has 0 amide bonds. The molecule has 0 aromatic carbocycles. The minimum absolute atomic E-state index is 0.406. The summed E-state index contributed by atoms with van der Waals surface area (Å²) < 4.78 is 0. The van der Waals surface area contributed by atoms with E-state index in [1.165, 1.54) is 6.42 Å². The van der Waals surface area contributed by atoms with E-state index in [1.807, 2.05) is 6.92 Å². The number of hydrogen-bond acceptors (Lipinski definition) is 1. The van der Waals surface area contributed by atoms with Crippen molar-refractivity contribution in [3.05, 3.63) is 0 Å². The zero-order chi connectivity index (χ0) is 7.82. The van der Waals surface area contributed by atoms with Crippen molar-refractivity contribution in [1.29, 1.82) is 0 Å². The zero-order valence-electron chi connectivity index (χ0n) is 6.85. The molecular formula is C9H16O. The smallest absolute Gasteiger partial charge is 0.114 e. The summed E-state index contributed by atoms with van der Waals surface area (Å²) in [5.41, 5.74) is 0. The Morgan fingerprint density at radius 2 is 2.10 bits per heavy atom. The molecule has 10 heavy (non-hydrogen) atoms. The van der Waals surface area contributed by atoms with E-state index in [4.69, 9.17) is 5.11 Å². The summed E-state index contributed by atoms with van der Waals surface area (Å²) in [6.07, 6.45) is 3.57. The summed E-state index contributed by atoms with van der Waals surface area (Å²) in [4.78, 5) is 0. The zero-order valence-corrected chi connectivity index (χ0v) is 6.85. The van der Waals surface area contributed by atoms with Gasteiger partial charge in [-0.3, -0.25) is 0 Å². The van der Waals surface area contributed by atoms with Gasteiger partial charge in [-0.2, -0.15) is 0 Å². The van der Waals surface area contributed by atoms with Crippen molar-refractivity contribution in [3.8, 4) is 11.8 Å². The van der Waals surface area contributed by atoms with Crippen LogP contribution in [-0.2, 0) is 0 Å². The van der Waals surface area contributed by atoms with Gasteiger partial charge in [-0.25, -0.2) is 0 Å². The van der Waals surface area contributed by atoms with E-state index < -0.39 is 6.10 Å². The number of rotatable bonds is 3. The first-order chi connectivity index (χ1) is 4.81.